The van der Waals surface area contributed by atoms with Crippen LogP contribution in [0.4, 0.5) is 0 Å². The molecule has 1 aromatic heterocycles. The fourth-order valence-electron chi connectivity index (χ4n) is 2.19. The number of benzene rings is 1. The molecule has 2 aromatic rings. The Hall–Kier alpha value is -1.36. The highest BCUT2D eigenvalue weighted by molar-refractivity contribution is 5.80. The van der Waals surface area contributed by atoms with Gasteiger partial charge in [-0.1, -0.05) is 12.1 Å². The molecule has 4 heteroatoms. The van der Waals surface area contributed by atoms with Gasteiger partial charge in [0.2, 0.25) is 0 Å². The standard InChI is InChI=1S/C15H22N2O2/c1-12(18)11-17-7-5-14-4-3-13(9-15(14)17)10-16-6-8-19-2/h3-5,7,9,12,16,18H,6,8,10-11H2,1-2H3. The molecule has 104 valence electrons. The highest BCUT2D eigenvalue weighted by Crippen LogP contribution is 2.18. The van der Waals surface area contributed by atoms with Crippen LogP contribution in [0.1, 0.15) is 12.5 Å². The van der Waals surface area contributed by atoms with Crippen LogP contribution in [-0.4, -0.2) is 36.0 Å². The zero-order valence-electron chi connectivity index (χ0n) is 11.6. The monoisotopic (exact) mass is 262 g/mol. The minimum atomic E-state index is -0.334. The van der Waals surface area contributed by atoms with Gasteiger partial charge in [-0.2, -0.15) is 0 Å². The number of rotatable bonds is 7. The molecule has 1 aromatic carbocycles. The molecule has 1 atom stereocenters. The molecule has 2 N–H and O–H groups in total. The summed E-state index contributed by atoms with van der Waals surface area (Å²) >= 11 is 0. The molecule has 0 saturated carbocycles. The second-order valence-corrected chi connectivity index (χ2v) is 4.88. The maximum atomic E-state index is 9.51. The number of nitrogens with one attached hydrogen (secondary N) is 1. The molecule has 0 bridgehead atoms. The first-order chi connectivity index (χ1) is 9.20. The van der Waals surface area contributed by atoms with Gasteiger partial charge < -0.3 is 19.7 Å². The number of nitrogens with zero attached hydrogens (tertiary/aromatic N) is 1. The number of hydrogen-bond donors (Lipinski definition) is 2. The minimum absolute atomic E-state index is 0.334. The van der Waals surface area contributed by atoms with Gasteiger partial charge in [0, 0.05) is 38.5 Å². The van der Waals surface area contributed by atoms with Gasteiger partial charge in [0.15, 0.2) is 0 Å². The summed E-state index contributed by atoms with van der Waals surface area (Å²) in [6.07, 6.45) is 1.69. The van der Waals surface area contributed by atoms with Crippen LogP contribution in [-0.2, 0) is 17.8 Å². The van der Waals surface area contributed by atoms with E-state index in [-0.39, 0.29) is 6.10 Å². The molecule has 1 unspecified atom stereocenters. The van der Waals surface area contributed by atoms with E-state index in [9.17, 15) is 5.11 Å². The Kier molecular flexibility index (Phi) is 4.96. The van der Waals surface area contributed by atoms with Gasteiger partial charge in [0.25, 0.3) is 0 Å². The molecular formula is C15H22N2O2. The first-order valence-corrected chi connectivity index (χ1v) is 6.66. The molecule has 19 heavy (non-hydrogen) atoms. The van der Waals surface area contributed by atoms with E-state index in [1.807, 2.05) is 13.1 Å². The number of hydrogen-bond acceptors (Lipinski definition) is 3. The predicted molar refractivity (Wildman–Crippen MR) is 77.2 cm³/mol. The van der Waals surface area contributed by atoms with Crippen molar-refractivity contribution in [3.8, 4) is 0 Å². The third kappa shape index (κ3) is 3.80. The third-order valence-corrected chi connectivity index (χ3v) is 3.11. The minimum Gasteiger partial charge on any atom is -0.392 e. The van der Waals surface area contributed by atoms with Crippen molar-refractivity contribution in [1.29, 1.82) is 0 Å². The smallest absolute Gasteiger partial charge is 0.0691 e. The molecule has 0 aliphatic heterocycles. The van der Waals surface area contributed by atoms with Crippen LogP contribution in [0, 0.1) is 0 Å². The molecule has 0 fully saturated rings. The number of fused-ring (bicyclic) bond motifs is 1. The fourth-order valence-corrected chi connectivity index (χ4v) is 2.19. The lowest BCUT2D eigenvalue weighted by Crippen LogP contribution is -2.18. The van der Waals surface area contributed by atoms with E-state index in [1.54, 1.807) is 7.11 Å². The van der Waals surface area contributed by atoms with E-state index >= 15 is 0 Å². The quantitative estimate of drug-likeness (QED) is 0.747. The van der Waals surface area contributed by atoms with E-state index in [4.69, 9.17) is 4.74 Å². The Morgan fingerprint density at radius 2 is 2.21 bits per heavy atom. The summed E-state index contributed by atoms with van der Waals surface area (Å²) in [6.45, 7) is 4.84. The van der Waals surface area contributed by atoms with Gasteiger partial charge in [-0.15, -0.1) is 0 Å². The third-order valence-electron chi connectivity index (χ3n) is 3.11. The maximum absolute atomic E-state index is 9.51. The fraction of sp³-hybridized carbons (Fsp3) is 0.467. The number of ether oxygens (including phenoxy) is 1. The summed E-state index contributed by atoms with van der Waals surface area (Å²) in [4.78, 5) is 0. The average molecular weight is 262 g/mol. The molecule has 0 spiro atoms. The number of aliphatic hydroxyl groups is 1. The number of aliphatic hydroxyl groups excluding tert-OH is 1. The summed E-state index contributed by atoms with van der Waals surface area (Å²) in [5.41, 5.74) is 2.42. The molecule has 0 aliphatic carbocycles. The van der Waals surface area contributed by atoms with Gasteiger partial charge >= 0.3 is 0 Å². The topological polar surface area (TPSA) is 46.4 Å². The molecule has 0 amide bonds. The SMILES string of the molecule is COCCNCc1ccc2ccn(CC(C)O)c2c1. The van der Waals surface area contributed by atoms with Crippen LogP contribution < -0.4 is 5.32 Å². The van der Waals surface area contributed by atoms with Crippen molar-refractivity contribution >= 4 is 10.9 Å². The van der Waals surface area contributed by atoms with E-state index in [0.717, 1.165) is 19.7 Å². The lowest BCUT2D eigenvalue weighted by molar-refractivity contribution is 0.175. The van der Waals surface area contributed by atoms with Gasteiger partial charge in [-0.25, -0.2) is 0 Å². The van der Waals surface area contributed by atoms with Gasteiger partial charge in [-0.05, 0) is 30.0 Å². The Labute approximate surface area is 114 Å². The Morgan fingerprint density at radius 1 is 1.37 bits per heavy atom. The van der Waals surface area contributed by atoms with Crippen LogP contribution in [0.2, 0.25) is 0 Å². The van der Waals surface area contributed by atoms with Crippen LogP contribution in [0.5, 0.6) is 0 Å². The zero-order valence-corrected chi connectivity index (χ0v) is 11.6. The summed E-state index contributed by atoms with van der Waals surface area (Å²) in [5, 5.41) is 14.1. The Morgan fingerprint density at radius 3 is 2.95 bits per heavy atom. The van der Waals surface area contributed by atoms with E-state index in [0.29, 0.717) is 6.54 Å². The molecule has 0 aliphatic rings. The molecule has 0 radical (unpaired) electrons. The van der Waals surface area contributed by atoms with Crippen LogP contribution in [0.15, 0.2) is 30.5 Å². The second kappa shape index (κ2) is 6.70. The molecule has 4 nitrogen and oxygen atoms in total. The molecule has 0 saturated heterocycles. The second-order valence-electron chi connectivity index (χ2n) is 4.88. The summed E-state index contributed by atoms with van der Waals surface area (Å²) in [6, 6.07) is 8.52. The average Bonchev–Trinajstić information content (AvgIpc) is 2.77. The maximum Gasteiger partial charge on any atom is 0.0691 e. The van der Waals surface area contributed by atoms with Crippen molar-refractivity contribution in [2.75, 3.05) is 20.3 Å². The van der Waals surface area contributed by atoms with Crippen molar-refractivity contribution < 1.29 is 9.84 Å². The van der Waals surface area contributed by atoms with Gasteiger partial charge in [-0.3, -0.25) is 0 Å². The largest absolute Gasteiger partial charge is 0.392 e. The normalized spacial score (nSPS) is 13.0. The Bertz CT molecular complexity index is 520. The van der Waals surface area contributed by atoms with Crippen LogP contribution >= 0.6 is 0 Å². The molecule has 2 rings (SSSR count). The molecular weight excluding hydrogens is 240 g/mol. The highest BCUT2D eigenvalue weighted by Gasteiger charge is 2.04. The highest BCUT2D eigenvalue weighted by atomic mass is 16.5. The van der Waals surface area contributed by atoms with E-state index < -0.39 is 0 Å². The van der Waals surface area contributed by atoms with Crippen molar-refractivity contribution in [2.24, 2.45) is 0 Å². The van der Waals surface area contributed by atoms with Crippen LogP contribution in [0.3, 0.4) is 0 Å². The lowest BCUT2D eigenvalue weighted by Gasteiger charge is -2.09. The summed E-state index contributed by atoms with van der Waals surface area (Å²) in [7, 11) is 1.71. The van der Waals surface area contributed by atoms with Crippen molar-refractivity contribution in [1.82, 2.24) is 9.88 Å². The van der Waals surface area contributed by atoms with Crippen LogP contribution in [0.25, 0.3) is 10.9 Å². The first kappa shape index (κ1) is 14.1. The van der Waals surface area contributed by atoms with Crippen molar-refractivity contribution in [3.63, 3.8) is 0 Å². The number of aromatic nitrogens is 1. The van der Waals surface area contributed by atoms with Crippen molar-refractivity contribution in [3.05, 3.63) is 36.0 Å². The van der Waals surface area contributed by atoms with E-state index in [1.165, 1.54) is 16.5 Å². The molecule has 1 heterocycles. The van der Waals surface area contributed by atoms with Gasteiger partial charge in [0.05, 0.1) is 12.7 Å². The summed E-state index contributed by atoms with van der Waals surface area (Å²) in [5.74, 6) is 0. The van der Waals surface area contributed by atoms with Gasteiger partial charge in [0.1, 0.15) is 0 Å². The van der Waals surface area contributed by atoms with Crippen molar-refractivity contribution in [2.45, 2.75) is 26.1 Å². The Balaban J connectivity index is 2.09. The summed E-state index contributed by atoms with van der Waals surface area (Å²) < 4.78 is 7.10. The zero-order chi connectivity index (χ0) is 13.7. The predicted octanol–water partition coefficient (Wildman–Crippen LogP) is 1.76. The number of methoxy groups -OCH3 is 1. The lowest BCUT2D eigenvalue weighted by atomic mass is 10.1. The van der Waals surface area contributed by atoms with E-state index in [2.05, 4.69) is 34.1 Å². The first-order valence-electron chi connectivity index (χ1n) is 6.66.